The van der Waals surface area contributed by atoms with Crippen molar-refractivity contribution in [1.29, 1.82) is 0 Å². The van der Waals surface area contributed by atoms with Crippen LogP contribution in [0.15, 0.2) is 0 Å². The first kappa shape index (κ1) is 17.8. The summed E-state index contributed by atoms with van der Waals surface area (Å²) in [5.74, 6) is -0.708. The largest absolute Gasteiger partial charge is 0.481 e. The monoisotopic (exact) mass is 300 g/mol. The summed E-state index contributed by atoms with van der Waals surface area (Å²) in [5.41, 5.74) is -1.43. The predicted octanol–water partition coefficient (Wildman–Crippen LogP) is 1.82. The third-order valence-electron chi connectivity index (χ3n) is 3.74. The van der Waals surface area contributed by atoms with E-state index in [2.05, 4.69) is 19.2 Å². The van der Waals surface area contributed by atoms with E-state index in [1.165, 1.54) is 6.92 Å². The average molecular weight is 300 g/mol. The molecule has 3 N–H and O–H groups in total. The maximum absolute atomic E-state index is 12.4. The SMILES string of the molecule is CC(C)CN(C(=O)NCC(C)(O)CC(=O)O)C1CCCC1. The molecule has 0 aliphatic heterocycles. The molecule has 21 heavy (non-hydrogen) atoms. The Labute approximate surface area is 126 Å². The van der Waals surface area contributed by atoms with E-state index in [1.54, 1.807) is 0 Å². The zero-order chi connectivity index (χ0) is 16.0. The van der Waals surface area contributed by atoms with Crippen molar-refractivity contribution in [3.8, 4) is 0 Å². The Morgan fingerprint density at radius 3 is 2.38 bits per heavy atom. The number of amides is 2. The highest BCUT2D eigenvalue weighted by atomic mass is 16.4. The fraction of sp³-hybridized carbons (Fsp3) is 0.867. The minimum absolute atomic E-state index is 0.0561. The van der Waals surface area contributed by atoms with Crippen LogP contribution in [0.5, 0.6) is 0 Å². The summed E-state index contributed by atoms with van der Waals surface area (Å²) in [6.07, 6.45) is 3.94. The third kappa shape index (κ3) is 6.33. The maximum Gasteiger partial charge on any atom is 0.317 e. The molecule has 6 nitrogen and oxygen atoms in total. The molecule has 0 saturated heterocycles. The first-order valence-corrected chi connectivity index (χ1v) is 7.70. The molecule has 1 unspecified atom stereocenters. The topological polar surface area (TPSA) is 89.9 Å². The van der Waals surface area contributed by atoms with Gasteiger partial charge in [-0.3, -0.25) is 4.79 Å². The molecule has 122 valence electrons. The van der Waals surface area contributed by atoms with E-state index in [4.69, 9.17) is 5.11 Å². The highest BCUT2D eigenvalue weighted by Gasteiger charge is 2.30. The summed E-state index contributed by atoms with van der Waals surface area (Å²) < 4.78 is 0. The van der Waals surface area contributed by atoms with Gasteiger partial charge in [0, 0.05) is 19.1 Å². The van der Waals surface area contributed by atoms with Crippen LogP contribution in [-0.4, -0.2) is 51.8 Å². The second-order valence-electron chi connectivity index (χ2n) is 6.71. The molecule has 1 saturated carbocycles. The quantitative estimate of drug-likeness (QED) is 0.669. The van der Waals surface area contributed by atoms with Gasteiger partial charge < -0.3 is 20.4 Å². The number of nitrogens with zero attached hydrogens (tertiary/aromatic N) is 1. The second kappa shape index (κ2) is 7.64. The molecule has 6 heteroatoms. The molecular weight excluding hydrogens is 272 g/mol. The van der Waals surface area contributed by atoms with Gasteiger partial charge in [-0.25, -0.2) is 4.79 Å². The highest BCUT2D eigenvalue weighted by Crippen LogP contribution is 2.24. The Morgan fingerprint density at radius 2 is 1.90 bits per heavy atom. The van der Waals surface area contributed by atoms with E-state index >= 15 is 0 Å². The Kier molecular flexibility index (Phi) is 6.45. The maximum atomic E-state index is 12.4. The summed E-state index contributed by atoms with van der Waals surface area (Å²) in [6, 6.07) is 0.0538. The van der Waals surface area contributed by atoms with Crippen LogP contribution in [-0.2, 0) is 4.79 Å². The first-order valence-electron chi connectivity index (χ1n) is 7.70. The third-order valence-corrected chi connectivity index (χ3v) is 3.74. The number of nitrogens with one attached hydrogen (secondary N) is 1. The molecule has 2 amide bonds. The highest BCUT2D eigenvalue weighted by molar-refractivity contribution is 5.75. The molecule has 0 spiro atoms. The Balaban J connectivity index is 2.57. The Morgan fingerprint density at radius 1 is 1.33 bits per heavy atom. The average Bonchev–Trinajstić information content (AvgIpc) is 2.85. The fourth-order valence-electron chi connectivity index (χ4n) is 2.76. The minimum Gasteiger partial charge on any atom is -0.481 e. The number of carboxylic acid groups (broad SMARTS) is 1. The number of rotatable bonds is 7. The van der Waals surface area contributed by atoms with Crippen LogP contribution in [0.25, 0.3) is 0 Å². The normalized spacial score (nSPS) is 18.5. The molecule has 1 atom stereocenters. The van der Waals surface area contributed by atoms with Crippen molar-refractivity contribution < 1.29 is 19.8 Å². The van der Waals surface area contributed by atoms with Gasteiger partial charge in [0.25, 0.3) is 0 Å². The van der Waals surface area contributed by atoms with E-state index < -0.39 is 11.6 Å². The summed E-state index contributed by atoms with van der Waals surface area (Å²) in [7, 11) is 0. The van der Waals surface area contributed by atoms with Crippen molar-refractivity contribution >= 4 is 12.0 Å². The number of hydrogen-bond donors (Lipinski definition) is 3. The van der Waals surface area contributed by atoms with Gasteiger partial charge in [-0.15, -0.1) is 0 Å². The molecule has 1 aliphatic rings. The van der Waals surface area contributed by atoms with Crippen molar-refractivity contribution in [3.05, 3.63) is 0 Å². The number of hydrogen-bond acceptors (Lipinski definition) is 3. The molecule has 0 aromatic carbocycles. The molecule has 0 aromatic heterocycles. The van der Waals surface area contributed by atoms with Gasteiger partial charge in [-0.2, -0.15) is 0 Å². The van der Waals surface area contributed by atoms with Gasteiger partial charge in [0.05, 0.1) is 12.0 Å². The van der Waals surface area contributed by atoms with Crippen LogP contribution in [0.1, 0.15) is 52.9 Å². The Hall–Kier alpha value is -1.30. The standard InChI is InChI=1S/C15H28N2O4/c1-11(2)9-17(12-6-4-5-7-12)14(20)16-10-15(3,21)8-13(18)19/h11-12,21H,4-10H2,1-3H3,(H,16,20)(H,18,19). The van der Waals surface area contributed by atoms with Crippen LogP contribution < -0.4 is 5.32 Å². The Bertz CT molecular complexity index is 363. The van der Waals surface area contributed by atoms with Crippen molar-refractivity contribution in [3.63, 3.8) is 0 Å². The lowest BCUT2D eigenvalue weighted by Gasteiger charge is -2.32. The number of aliphatic hydroxyl groups is 1. The minimum atomic E-state index is -1.43. The van der Waals surface area contributed by atoms with E-state index in [-0.39, 0.29) is 25.0 Å². The molecule has 1 aliphatic carbocycles. The smallest absolute Gasteiger partial charge is 0.317 e. The summed E-state index contributed by atoms with van der Waals surface area (Å²) in [4.78, 5) is 24.9. The number of carboxylic acids is 1. The van der Waals surface area contributed by atoms with Crippen LogP contribution in [0.4, 0.5) is 4.79 Å². The van der Waals surface area contributed by atoms with Crippen molar-refractivity contribution in [1.82, 2.24) is 10.2 Å². The molecule has 0 radical (unpaired) electrons. The molecule has 1 fully saturated rings. The van der Waals surface area contributed by atoms with Crippen LogP contribution in [0, 0.1) is 5.92 Å². The molecule has 1 rings (SSSR count). The van der Waals surface area contributed by atoms with Gasteiger partial charge in [0.15, 0.2) is 0 Å². The lowest BCUT2D eigenvalue weighted by molar-refractivity contribution is -0.141. The molecule has 0 aromatic rings. The van der Waals surface area contributed by atoms with Crippen molar-refractivity contribution in [2.75, 3.05) is 13.1 Å². The first-order chi connectivity index (χ1) is 9.71. The lowest BCUT2D eigenvalue weighted by atomic mass is 10.0. The van der Waals surface area contributed by atoms with Crippen molar-refractivity contribution in [2.45, 2.75) is 64.5 Å². The van der Waals surface area contributed by atoms with Gasteiger partial charge in [0.2, 0.25) is 0 Å². The number of carbonyl (C=O) groups excluding carboxylic acids is 1. The number of urea groups is 1. The van der Waals surface area contributed by atoms with Crippen LogP contribution >= 0.6 is 0 Å². The van der Waals surface area contributed by atoms with Gasteiger partial charge >= 0.3 is 12.0 Å². The fourth-order valence-corrected chi connectivity index (χ4v) is 2.76. The van der Waals surface area contributed by atoms with Crippen LogP contribution in [0.2, 0.25) is 0 Å². The summed E-state index contributed by atoms with van der Waals surface area (Å²) in [5, 5.41) is 21.4. The number of aliphatic carboxylic acids is 1. The van der Waals surface area contributed by atoms with E-state index in [9.17, 15) is 14.7 Å². The molecule has 0 heterocycles. The molecule has 0 bridgehead atoms. The lowest BCUT2D eigenvalue weighted by Crippen LogP contribution is -2.51. The predicted molar refractivity (Wildman–Crippen MR) is 80.1 cm³/mol. The summed E-state index contributed by atoms with van der Waals surface area (Å²) in [6.45, 7) is 6.17. The van der Waals surface area contributed by atoms with Gasteiger partial charge in [-0.05, 0) is 25.7 Å². The van der Waals surface area contributed by atoms with Crippen LogP contribution in [0.3, 0.4) is 0 Å². The van der Waals surface area contributed by atoms with Crippen molar-refractivity contribution in [2.24, 2.45) is 5.92 Å². The number of carbonyl (C=O) groups is 2. The van der Waals surface area contributed by atoms with E-state index in [0.717, 1.165) is 25.7 Å². The summed E-state index contributed by atoms with van der Waals surface area (Å²) >= 11 is 0. The molecular formula is C15H28N2O4. The second-order valence-corrected chi connectivity index (χ2v) is 6.71. The van der Waals surface area contributed by atoms with E-state index in [1.807, 2.05) is 4.90 Å². The van der Waals surface area contributed by atoms with Gasteiger partial charge in [-0.1, -0.05) is 26.7 Å². The van der Waals surface area contributed by atoms with Gasteiger partial charge in [0.1, 0.15) is 0 Å². The zero-order valence-electron chi connectivity index (χ0n) is 13.3. The zero-order valence-corrected chi connectivity index (χ0v) is 13.3. The van der Waals surface area contributed by atoms with E-state index in [0.29, 0.717) is 12.5 Å².